The zero-order valence-electron chi connectivity index (χ0n) is 16.4. The maximum atomic E-state index is 13.0. The molecule has 1 N–H and O–H groups in total. The third kappa shape index (κ3) is 3.90. The summed E-state index contributed by atoms with van der Waals surface area (Å²) in [5.41, 5.74) is 1.11. The smallest absolute Gasteiger partial charge is 0.230 e. The Morgan fingerprint density at radius 3 is 2.26 bits per heavy atom. The van der Waals surface area contributed by atoms with Crippen LogP contribution in [0.4, 0.5) is 0 Å². The summed E-state index contributed by atoms with van der Waals surface area (Å²) in [7, 11) is 0. The molecule has 4 rings (SSSR count). The first-order chi connectivity index (χ1) is 13.2. The molecule has 1 aliphatic heterocycles. The van der Waals surface area contributed by atoms with E-state index in [0.717, 1.165) is 37.9 Å². The maximum absolute atomic E-state index is 13.0. The summed E-state index contributed by atoms with van der Waals surface area (Å²) < 4.78 is 0. The number of amides is 2. The second-order valence-corrected chi connectivity index (χ2v) is 8.62. The van der Waals surface area contributed by atoms with E-state index in [2.05, 4.69) is 12.2 Å². The molecule has 4 nitrogen and oxygen atoms in total. The molecule has 1 aromatic carbocycles. The van der Waals surface area contributed by atoms with Crippen LogP contribution in [0.25, 0.3) is 0 Å². The minimum Gasteiger partial charge on any atom is -0.353 e. The average molecular weight is 369 g/mol. The molecule has 4 heteroatoms. The molecule has 3 atom stereocenters. The van der Waals surface area contributed by atoms with Crippen molar-refractivity contribution in [3.05, 3.63) is 35.9 Å². The number of benzene rings is 1. The predicted octanol–water partition coefficient (Wildman–Crippen LogP) is 3.72. The van der Waals surface area contributed by atoms with Crippen molar-refractivity contribution in [2.45, 2.75) is 63.8 Å². The van der Waals surface area contributed by atoms with Crippen LogP contribution in [0.2, 0.25) is 0 Å². The quantitative estimate of drug-likeness (QED) is 0.861. The Morgan fingerprint density at radius 1 is 1.04 bits per heavy atom. The molecule has 2 amide bonds. The minimum atomic E-state index is -0.0491. The number of carbonyl (C=O) groups is 2. The van der Waals surface area contributed by atoms with Crippen LogP contribution in [0.5, 0.6) is 0 Å². The van der Waals surface area contributed by atoms with Crippen molar-refractivity contribution in [2.24, 2.45) is 17.8 Å². The Hall–Kier alpha value is -1.84. The van der Waals surface area contributed by atoms with Crippen LogP contribution >= 0.6 is 0 Å². The van der Waals surface area contributed by atoms with Crippen molar-refractivity contribution in [3.63, 3.8) is 0 Å². The van der Waals surface area contributed by atoms with Crippen LogP contribution in [-0.4, -0.2) is 35.8 Å². The first-order valence-corrected chi connectivity index (χ1v) is 10.8. The molecule has 1 saturated heterocycles. The van der Waals surface area contributed by atoms with Crippen molar-refractivity contribution in [1.29, 1.82) is 0 Å². The molecule has 2 saturated carbocycles. The van der Waals surface area contributed by atoms with Gasteiger partial charge in [0.15, 0.2) is 0 Å². The highest BCUT2D eigenvalue weighted by Crippen LogP contribution is 2.55. The number of nitrogens with one attached hydrogen (secondary N) is 1. The molecule has 0 unspecified atom stereocenters. The molecular weight excluding hydrogens is 336 g/mol. The molecule has 146 valence electrons. The Kier molecular flexibility index (Phi) is 5.51. The SMILES string of the molecule is CC[C@H](C(=O)N1CCC(NC(=O)C2[C@H]3CCCC[C@H]23)CC1)c1ccccc1. The lowest BCUT2D eigenvalue weighted by Crippen LogP contribution is -2.48. The lowest BCUT2D eigenvalue weighted by molar-refractivity contribution is -0.134. The summed E-state index contributed by atoms with van der Waals surface area (Å²) >= 11 is 0. The van der Waals surface area contributed by atoms with E-state index in [1.807, 2.05) is 35.2 Å². The van der Waals surface area contributed by atoms with Crippen LogP contribution in [0.15, 0.2) is 30.3 Å². The molecule has 3 aliphatic rings. The normalized spacial score (nSPS) is 28.9. The third-order valence-electron chi connectivity index (χ3n) is 7.02. The van der Waals surface area contributed by atoms with Crippen molar-refractivity contribution in [1.82, 2.24) is 10.2 Å². The monoisotopic (exact) mass is 368 g/mol. The highest BCUT2D eigenvalue weighted by Gasteiger charge is 2.54. The summed E-state index contributed by atoms with van der Waals surface area (Å²) in [5, 5.41) is 3.29. The lowest BCUT2D eigenvalue weighted by atomic mass is 9.93. The Balaban J connectivity index is 1.27. The number of likely N-dealkylation sites (tertiary alicyclic amines) is 1. The minimum absolute atomic E-state index is 0.0491. The first-order valence-electron chi connectivity index (χ1n) is 10.8. The van der Waals surface area contributed by atoms with Gasteiger partial charge in [-0.15, -0.1) is 0 Å². The zero-order chi connectivity index (χ0) is 18.8. The summed E-state index contributed by atoms with van der Waals surface area (Å²) in [6.07, 6.45) is 7.66. The van der Waals surface area contributed by atoms with Crippen LogP contribution < -0.4 is 5.32 Å². The number of hydrogen-bond donors (Lipinski definition) is 1. The molecule has 0 aromatic heterocycles. The van der Waals surface area contributed by atoms with E-state index in [-0.39, 0.29) is 29.7 Å². The molecule has 27 heavy (non-hydrogen) atoms. The molecule has 1 aromatic rings. The van der Waals surface area contributed by atoms with Crippen LogP contribution in [-0.2, 0) is 9.59 Å². The van der Waals surface area contributed by atoms with Gasteiger partial charge in [-0.05, 0) is 49.5 Å². The Bertz CT molecular complexity index is 654. The van der Waals surface area contributed by atoms with E-state index >= 15 is 0 Å². The van der Waals surface area contributed by atoms with E-state index in [1.165, 1.54) is 25.7 Å². The van der Waals surface area contributed by atoms with E-state index < -0.39 is 0 Å². The molecular formula is C23H32N2O2. The predicted molar refractivity (Wildman–Crippen MR) is 106 cm³/mol. The number of carbonyl (C=O) groups excluding carboxylic acids is 2. The summed E-state index contributed by atoms with van der Waals surface area (Å²) in [6.45, 7) is 3.59. The van der Waals surface area contributed by atoms with Gasteiger partial charge in [0.2, 0.25) is 11.8 Å². The first kappa shape index (κ1) is 18.5. The molecule has 1 heterocycles. The van der Waals surface area contributed by atoms with Gasteiger partial charge < -0.3 is 10.2 Å². The van der Waals surface area contributed by atoms with Gasteiger partial charge in [-0.1, -0.05) is 50.1 Å². The van der Waals surface area contributed by atoms with Gasteiger partial charge in [0, 0.05) is 25.0 Å². The van der Waals surface area contributed by atoms with Gasteiger partial charge in [-0.25, -0.2) is 0 Å². The summed E-state index contributed by atoms with van der Waals surface area (Å²) in [6, 6.07) is 10.3. The molecule has 0 spiro atoms. The Labute approximate surface area is 162 Å². The zero-order valence-corrected chi connectivity index (χ0v) is 16.4. The highest BCUT2D eigenvalue weighted by atomic mass is 16.2. The summed E-state index contributed by atoms with van der Waals surface area (Å²) in [5.74, 6) is 2.09. The Morgan fingerprint density at radius 2 is 1.67 bits per heavy atom. The third-order valence-corrected chi connectivity index (χ3v) is 7.02. The van der Waals surface area contributed by atoms with Crippen molar-refractivity contribution >= 4 is 11.8 Å². The fourth-order valence-electron chi connectivity index (χ4n) is 5.38. The number of nitrogens with zero attached hydrogens (tertiary/aromatic N) is 1. The fraction of sp³-hybridized carbons (Fsp3) is 0.652. The number of piperidine rings is 1. The van der Waals surface area contributed by atoms with E-state index in [0.29, 0.717) is 11.8 Å². The lowest BCUT2D eigenvalue weighted by Gasteiger charge is -2.34. The molecule has 0 radical (unpaired) electrons. The van der Waals surface area contributed by atoms with Crippen molar-refractivity contribution in [3.8, 4) is 0 Å². The standard InChI is InChI=1S/C23H32N2O2/c1-2-18(16-8-4-3-5-9-16)23(27)25-14-12-17(13-15-25)24-22(26)21-19-10-6-7-11-20(19)21/h3-5,8-9,17-21H,2,6-7,10-15H2,1H3,(H,24,26)/t18-,19-,20-/m0/s1. The second-order valence-electron chi connectivity index (χ2n) is 8.62. The highest BCUT2D eigenvalue weighted by molar-refractivity contribution is 5.84. The van der Waals surface area contributed by atoms with E-state index in [1.54, 1.807) is 0 Å². The summed E-state index contributed by atoms with van der Waals surface area (Å²) in [4.78, 5) is 27.6. The average Bonchev–Trinajstić information content (AvgIpc) is 3.44. The van der Waals surface area contributed by atoms with Crippen LogP contribution in [0.1, 0.15) is 63.4 Å². The van der Waals surface area contributed by atoms with Gasteiger partial charge in [-0.3, -0.25) is 9.59 Å². The number of fused-ring (bicyclic) bond motifs is 1. The molecule has 0 bridgehead atoms. The van der Waals surface area contributed by atoms with Gasteiger partial charge in [0.1, 0.15) is 0 Å². The van der Waals surface area contributed by atoms with Gasteiger partial charge >= 0.3 is 0 Å². The maximum Gasteiger partial charge on any atom is 0.230 e. The van der Waals surface area contributed by atoms with Crippen LogP contribution in [0.3, 0.4) is 0 Å². The fourth-order valence-corrected chi connectivity index (χ4v) is 5.38. The van der Waals surface area contributed by atoms with Gasteiger partial charge in [-0.2, -0.15) is 0 Å². The second kappa shape index (κ2) is 8.04. The molecule has 2 aliphatic carbocycles. The van der Waals surface area contributed by atoms with Crippen molar-refractivity contribution in [2.75, 3.05) is 13.1 Å². The number of rotatable bonds is 5. The van der Waals surface area contributed by atoms with E-state index in [9.17, 15) is 9.59 Å². The van der Waals surface area contributed by atoms with Gasteiger partial charge in [0.25, 0.3) is 0 Å². The van der Waals surface area contributed by atoms with Crippen LogP contribution in [0, 0.1) is 17.8 Å². The topological polar surface area (TPSA) is 49.4 Å². The van der Waals surface area contributed by atoms with Gasteiger partial charge in [0.05, 0.1) is 5.92 Å². The van der Waals surface area contributed by atoms with Crippen molar-refractivity contribution < 1.29 is 9.59 Å². The van der Waals surface area contributed by atoms with E-state index in [4.69, 9.17) is 0 Å². The number of hydrogen-bond acceptors (Lipinski definition) is 2. The largest absolute Gasteiger partial charge is 0.353 e. The molecule has 3 fully saturated rings.